The Kier molecular flexibility index (Phi) is 6.53. The van der Waals surface area contributed by atoms with Gasteiger partial charge in [0, 0.05) is 24.7 Å². The number of nitrogens with zero attached hydrogens (tertiary/aromatic N) is 4. The van der Waals surface area contributed by atoms with Crippen molar-refractivity contribution in [2.45, 2.75) is 25.3 Å². The Bertz CT molecular complexity index is 1800. The Labute approximate surface area is 211 Å². The highest BCUT2D eigenvalue weighted by molar-refractivity contribution is 7.87. The molecule has 0 N–H and O–H groups in total. The predicted octanol–water partition coefficient (Wildman–Crippen LogP) is 3.24. The van der Waals surface area contributed by atoms with Gasteiger partial charge in [-0.05, 0) is 26.0 Å². The number of nitro benzene ring substituents is 1. The van der Waals surface area contributed by atoms with E-state index < -0.39 is 31.9 Å². The van der Waals surface area contributed by atoms with Crippen LogP contribution in [0.1, 0.15) is 11.1 Å². The van der Waals surface area contributed by atoms with Gasteiger partial charge in [-0.2, -0.15) is 13.5 Å². The Morgan fingerprint density at radius 3 is 2.41 bits per heavy atom. The van der Waals surface area contributed by atoms with Crippen LogP contribution in [0.3, 0.4) is 0 Å². The van der Waals surface area contributed by atoms with E-state index in [0.29, 0.717) is 0 Å². The molecule has 4 rings (SSSR count). The number of nitro groups is 1. The molecule has 37 heavy (non-hydrogen) atoms. The highest BCUT2D eigenvalue weighted by atomic mass is 32.2. The molecule has 0 bridgehead atoms. The Balaban J connectivity index is 2.12. The van der Waals surface area contributed by atoms with Crippen molar-refractivity contribution in [3.05, 3.63) is 103 Å². The lowest BCUT2D eigenvalue weighted by Crippen LogP contribution is -2.30. The van der Waals surface area contributed by atoms with Gasteiger partial charge in [0.15, 0.2) is 5.75 Å². The normalized spacial score (nSPS) is 11.4. The van der Waals surface area contributed by atoms with Crippen LogP contribution < -0.4 is 15.3 Å². The largest absolute Gasteiger partial charge is 0.378 e. The third-order valence-corrected chi connectivity index (χ3v) is 7.03. The smallest absolute Gasteiger partial charge is 0.339 e. The van der Waals surface area contributed by atoms with Crippen LogP contribution in [0.4, 0.5) is 5.69 Å². The van der Waals surface area contributed by atoms with E-state index in [9.17, 15) is 28.1 Å². The number of hydrogen-bond donors (Lipinski definition) is 0. The fourth-order valence-electron chi connectivity index (χ4n) is 3.91. The first-order valence-corrected chi connectivity index (χ1v) is 12.4. The summed E-state index contributed by atoms with van der Waals surface area (Å²) < 4.78 is 33.9. The second-order valence-corrected chi connectivity index (χ2v) is 9.87. The summed E-state index contributed by atoms with van der Waals surface area (Å²) in [5, 5.41) is 15.5. The molecule has 12 heteroatoms. The zero-order chi connectivity index (χ0) is 27.1. The van der Waals surface area contributed by atoms with Crippen LogP contribution in [-0.2, 0) is 23.7 Å². The van der Waals surface area contributed by atoms with Crippen LogP contribution in [0, 0.1) is 24.0 Å². The molecule has 2 heterocycles. The van der Waals surface area contributed by atoms with Crippen LogP contribution in [0.15, 0.2) is 75.7 Å². The molecule has 0 aliphatic rings. The lowest BCUT2D eigenvalue weighted by molar-refractivity contribution is -0.384. The Morgan fingerprint density at radius 2 is 1.78 bits per heavy atom. The fourth-order valence-corrected chi connectivity index (χ4v) is 4.90. The highest BCUT2D eigenvalue weighted by Gasteiger charge is 2.27. The Morgan fingerprint density at radius 1 is 1.11 bits per heavy atom. The van der Waals surface area contributed by atoms with Gasteiger partial charge in [0.1, 0.15) is 16.0 Å². The molecule has 4 aromatic rings. The van der Waals surface area contributed by atoms with Crippen molar-refractivity contribution in [3.63, 3.8) is 0 Å². The van der Waals surface area contributed by atoms with Crippen LogP contribution in [0.5, 0.6) is 5.75 Å². The SMILES string of the molecule is C=CCn1nc(-c2cccc([N+](=O)[O-])c2)c2c(c(OS(=O)(=O)c3ccc(C)cc3)c(C)c(=O)n2C)c1=O. The average Bonchev–Trinajstić information content (AvgIpc) is 2.86. The van der Waals surface area contributed by atoms with Crippen molar-refractivity contribution in [1.29, 1.82) is 0 Å². The van der Waals surface area contributed by atoms with E-state index in [0.717, 1.165) is 14.8 Å². The second-order valence-electron chi connectivity index (χ2n) is 8.32. The van der Waals surface area contributed by atoms with Gasteiger partial charge in [-0.3, -0.25) is 19.7 Å². The molecule has 2 aromatic heterocycles. The molecule has 0 atom stereocenters. The number of aromatic nitrogens is 3. The monoisotopic (exact) mass is 522 g/mol. The van der Waals surface area contributed by atoms with Crippen LogP contribution in [0.2, 0.25) is 0 Å². The number of aryl methyl sites for hydroxylation is 2. The first-order chi connectivity index (χ1) is 17.5. The summed E-state index contributed by atoms with van der Waals surface area (Å²) in [7, 11) is -3.04. The first kappa shape index (κ1) is 25.5. The third-order valence-electron chi connectivity index (χ3n) is 5.79. The maximum atomic E-state index is 13.5. The lowest BCUT2D eigenvalue weighted by atomic mass is 10.1. The van der Waals surface area contributed by atoms with E-state index in [1.54, 1.807) is 19.1 Å². The summed E-state index contributed by atoms with van der Waals surface area (Å²) in [4.78, 5) is 37.3. The number of allylic oxidation sites excluding steroid dienone is 1. The standard InChI is InChI=1S/C25H22N4O7S/c1-5-13-28-25(31)20-22(21(26-28)17-7-6-8-18(14-17)29(32)33)27(4)24(30)16(3)23(20)36-37(34,35)19-11-9-15(2)10-12-19/h5-12,14H,1,13H2,2-4H3. The molecule has 190 valence electrons. The Hall–Kier alpha value is -4.58. The van der Waals surface area contributed by atoms with E-state index in [2.05, 4.69) is 11.7 Å². The molecule has 2 aromatic carbocycles. The molecular formula is C25H22N4O7S. The molecule has 0 saturated heterocycles. The third kappa shape index (κ3) is 4.54. The quantitative estimate of drug-likeness (QED) is 0.156. The summed E-state index contributed by atoms with van der Waals surface area (Å²) in [6.07, 6.45) is 1.41. The fraction of sp³-hybridized carbons (Fsp3) is 0.160. The number of benzene rings is 2. The van der Waals surface area contributed by atoms with Crippen molar-refractivity contribution < 1.29 is 17.5 Å². The molecular weight excluding hydrogens is 500 g/mol. The minimum absolute atomic E-state index is 0.0319. The van der Waals surface area contributed by atoms with Gasteiger partial charge in [0.05, 0.1) is 22.5 Å². The summed E-state index contributed by atoms with van der Waals surface area (Å²) in [5.74, 6) is -0.435. The first-order valence-electron chi connectivity index (χ1n) is 11.0. The van der Waals surface area contributed by atoms with Gasteiger partial charge < -0.3 is 8.75 Å². The topological polar surface area (TPSA) is 143 Å². The summed E-state index contributed by atoms with van der Waals surface area (Å²) >= 11 is 0. The molecule has 11 nitrogen and oxygen atoms in total. The molecule has 0 fully saturated rings. The van der Waals surface area contributed by atoms with Crippen molar-refractivity contribution in [2.24, 2.45) is 7.05 Å². The van der Waals surface area contributed by atoms with Crippen molar-refractivity contribution in [2.75, 3.05) is 0 Å². The molecule has 0 aliphatic heterocycles. The van der Waals surface area contributed by atoms with Gasteiger partial charge in [-0.1, -0.05) is 35.9 Å². The average molecular weight is 523 g/mol. The summed E-state index contributed by atoms with van der Waals surface area (Å²) in [5.41, 5.74) is -0.605. The minimum Gasteiger partial charge on any atom is -0.378 e. The van der Waals surface area contributed by atoms with E-state index in [-0.39, 0.29) is 44.9 Å². The van der Waals surface area contributed by atoms with Gasteiger partial charge in [0.25, 0.3) is 16.8 Å². The molecule has 0 spiro atoms. The van der Waals surface area contributed by atoms with Gasteiger partial charge >= 0.3 is 10.1 Å². The maximum Gasteiger partial charge on any atom is 0.339 e. The predicted molar refractivity (Wildman–Crippen MR) is 137 cm³/mol. The van der Waals surface area contributed by atoms with Crippen molar-refractivity contribution in [1.82, 2.24) is 14.3 Å². The van der Waals surface area contributed by atoms with Gasteiger partial charge in [-0.15, -0.1) is 6.58 Å². The van der Waals surface area contributed by atoms with Crippen LogP contribution in [0.25, 0.3) is 22.2 Å². The van der Waals surface area contributed by atoms with E-state index in [1.165, 1.54) is 56.4 Å². The zero-order valence-corrected chi connectivity index (χ0v) is 21.0. The van der Waals surface area contributed by atoms with Gasteiger partial charge in [-0.25, -0.2) is 4.68 Å². The molecule has 0 saturated carbocycles. The van der Waals surface area contributed by atoms with Crippen LogP contribution in [-0.4, -0.2) is 27.7 Å². The number of rotatable bonds is 7. The van der Waals surface area contributed by atoms with Crippen molar-refractivity contribution >= 4 is 26.7 Å². The molecule has 0 amide bonds. The number of hydrogen-bond acceptors (Lipinski definition) is 8. The number of fused-ring (bicyclic) bond motifs is 1. The van der Waals surface area contributed by atoms with E-state index in [4.69, 9.17) is 4.18 Å². The maximum absolute atomic E-state index is 13.5. The summed E-state index contributed by atoms with van der Waals surface area (Å²) in [6.45, 7) is 6.72. The molecule has 0 radical (unpaired) electrons. The zero-order valence-electron chi connectivity index (χ0n) is 20.2. The highest BCUT2D eigenvalue weighted by Crippen LogP contribution is 2.33. The molecule has 0 unspecified atom stereocenters. The van der Waals surface area contributed by atoms with Gasteiger partial charge in [0.2, 0.25) is 0 Å². The minimum atomic E-state index is -4.44. The number of pyridine rings is 1. The second kappa shape index (κ2) is 9.47. The lowest BCUT2D eigenvalue weighted by Gasteiger charge is -2.17. The number of non-ortho nitro benzene ring substituents is 1. The summed E-state index contributed by atoms with van der Waals surface area (Å²) in [6, 6.07) is 11.4. The van der Waals surface area contributed by atoms with E-state index >= 15 is 0 Å². The molecule has 0 aliphatic carbocycles. The van der Waals surface area contributed by atoms with Crippen molar-refractivity contribution in [3.8, 4) is 17.0 Å². The van der Waals surface area contributed by atoms with Crippen LogP contribution >= 0.6 is 0 Å². The van der Waals surface area contributed by atoms with E-state index in [1.807, 2.05) is 0 Å².